The zero-order valence-corrected chi connectivity index (χ0v) is 15.6. The molecule has 1 aliphatic heterocycles. The number of carbonyl (C=O) groups excluding carboxylic acids is 1. The minimum atomic E-state index is -0.248. The first-order valence-corrected chi connectivity index (χ1v) is 9.09. The molecule has 0 aliphatic carbocycles. The number of benzene rings is 1. The molecule has 134 valence electrons. The van der Waals surface area contributed by atoms with Gasteiger partial charge in [-0.1, -0.05) is 12.1 Å². The Balaban J connectivity index is 1.85. The van der Waals surface area contributed by atoms with E-state index in [1.807, 2.05) is 32.9 Å². The number of amides is 1. The van der Waals surface area contributed by atoms with Gasteiger partial charge < -0.3 is 15.4 Å². The molecule has 0 saturated carbocycles. The maximum absolute atomic E-state index is 12.2. The van der Waals surface area contributed by atoms with Crippen LogP contribution in [0.15, 0.2) is 18.2 Å². The smallest absolute Gasteiger partial charge is 0.220 e. The highest BCUT2D eigenvalue weighted by Gasteiger charge is 2.17. The van der Waals surface area contributed by atoms with Crippen LogP contribution in [0.25, 0.3) is 0 Å². The second-order valence-corrected chi connectivity index (χ2v) is 7.83. The summed E-state index contributed by atoms with van der Waals surface area (Å²) in [4.78, 5) is 12.2. The molecule has 1 heterocycles. The van der Waals surface area contributed by atoms with Gasteiger partial charge in [0.1, 0.15) is 11.4 Å². The summed E-state index contributed by atoms with van der Waals surface area (Å²) in [7, 11) is 0. The molecule has 2 N–H and O–H groups in total. The van der Waals surface area contributed by atoms with E-state index in [0.717, 1.165) is 36.4 Å². The molecule has 1 amide bonds. The Labute approximate surface area is 146 Å². The normalized spacial score (nSPS) is 16.0. The van der Waals surface area contributed by atoms with Gasteiger partial charge in [0.05, 0.1) is 0 Å². The van der Waals surface area contributed by atoms with Gasteiger partial charge in [-0.2, -0.15) is 0 Å². The van der Waals surface area contributed by atoms with Crippen molar-refractivity contribution in [1.82, 2.24) is 10.6 Å². The predicted octanol–water partition coefficient (Wildman–Crippen LogP) is 3.57. The van der Waals surface area contributed by atoms with Crippen LogP contribution in [0.1, 0.15) is 57.6 Å². The maximum Gasteiger partial charge on any atom is 0.220 e. The monoisotopic (exact) mass is 332 g/mol. The molecule has 1 fully saturated rings. The molecule has 1 aliphatic rings. The molecule has 0 radical (unpaired) electrons. The third-order valence-corrected chi connectivity index (χ3v) is 4.35. The fourth-order valence-electron chi connectivity index (χ4n) is 3.02. The van der Waals surface area contributed by atoms with Crippen LogP contribution in [-0.4, -0.2) is 24.6 Å². The van der Waals surface area contributed by atoms with E-state index in [-0.39, 0.29) is 11.5 Å². The lowest BCUT2D eigenvalue weighted by atomic mass is 9.93. The molecular weight excluding hydrogens is 300 g/mol. The fourth-order valence-corrected chi connectivity index (χ4v) is 3.02. The van der Waals surface area contributed by atoms with Crippen LogP contribution in [0, 0.1) is 12.8 Å². The lowest BCUT2D eigenvalue weighted by molar-refractivity contribution is -0.121. The van der Waals surface area contributed by atoms with Crippen LogP contribution >= 0.6 is 0 Å². The van der Waals surface area contributed by atoms with E-state index in [4.69, 9.17) is 4.74 Å². The first-order valence-electron chi connectivity index (χ1n) is 9.09. The van der Waals surface area contributed by atoms with Gasteiger partial charge in [0.25, 0.3) is 0 Å². The number of carbonyl (C=O) groups is 1. The Kier molecular flexibility index (Phi) is 6.67. The highest BCUT2D eigenvalue weighted by molar-refractivity contribution is 5.75. The maximum atomic E-state index is 12.2. The molecule has 0 bridgehead atoms. The third kappa shape index (κ3) is 6.52. The van der Waals surface area contributed by atoms with Gasteiger partial charge >= 0.3 is 0 Å². The number of ether oxygens (including phenoxy) is 1. The van der Waals surface area contributed by atoms with Gasteiger partial charge in [0, 0.05) is 18.5 Å². The Morgan fingerprint density at radius 1 is 1.29 bits per heavy atom. The van der Waals surface area contributed by atoms with Crippen LogP contribution in [0.3, 0.4) is 0 Å². The first kappa shape index (κ1) is 18.8. The number of hydrogen-bond donors (Lipinski definition) is 2. The minimum absolute atomic E-state index is 0.135. The Morgan fingerprint density at radius 2 is 2.00 bits per heavy atom. The molecule has 0 spiro atoms. The molecule has 0 atom stereocenters. The van der Waals surface area contributed by atoms with Crippen LogP contribution in [0.4, 0.5) is 0 Å². The van der Waals surface area contributed by atoms with Crippen molar-refractivity contribution in [3.05, 3.63) is 29.3 Å². The molecule has 0 unspecified atom stereocenters. The summed E-state index contributed by atoms with van der Waals surface area (Å²) in [5.74, 6) is 1.69. The summed E-state index contributed by atoms with van der Waals surface area (Å²) in [5.41, 5.74) is 1.95. The van der Waals surface area contributed by atoms with Crippen molar-refractivity contribution >= 4 is 5.91 Å². The average Bonchev–Trinajstić information content (AvgIpc) is 2.51. The summed E-state index contributed by atoms with van der Waals surface area (Å²) >= 11 is 0. The van der Waals surface area contributed by atoms with Gasteiger partial charge in [0.2, 0.25) is 5.91 Å². The average molecular weight is 332 g/mol. The number of aryl methyl sites for hydroxylation is 1. The van der Waals surface area contributed by atoms with Crippen molar-refractivity contribution in [1.29, 1.82) is 0 Å². The number of piperidine rings is 1. The van der Waals surface area contributed by atoms with Crippen molar-refractivity contribution in [3.8, 4) is 5.75 Å². The zero-order chi connectivity index (χ0) is 17.6. The summed E-state index contributed by atoms with van der Waals surface area (Å²) in [6, 6.07) is 6.15. The Hall–Kier alpha value is -1.55. The summed E-state index contributed by atoms with van der Waals surface area (Å²) in [5, 5.41) is 6.41. The largest absolute Gasteiger partial charge is 0.488 e. The molecule has 24 heavy (non-hydrogen) atoms. The Bertz CT molecular complexity index is 543. The highest BCUT2D eigenvalue weighted by atomic mass is 16.5. The van der Waals surface area contributed by atoms with Crippen molar-refractivity contribution in [2.24, 2.45) is 5.92 Å². The molecule has 1 aromatic carbocycles. The van der Waals surface area contributed by atoms with Crippen molar-refractivity contribution in [2.45, 2.75) is 65.5 Å². The highest BCUT2D eigenvalue weighted by Crippen LogP contribution is 2.25. The molecule has 1 aromatic rings. The van der Waals surface area contributed by atoms with E-state index in [2.05, 4.69) is 23.6 Å². The summed E-state index contributed by atoms with van der Waals surface area (Å²) in [6.07, 6.45) is 3.99. The van der Waals surface area contributed by atoms with Crippen LogP contribution in [0.2, 0.25) is 0 Å². The van der Waals surface area contributed by atoms with Gasteiger partial charge in [-0.3, -0.25) is 4.79 Å². The number of nitrogens with one attached hydrogen (secondary N) is 2. The second kappa shape index (κ2) is 8.52. The second-order valence-electron chi connectivity index (χ2n) is 7.83. The van der Waals surface area contributed by atoms with Crippen molar-refractivity contribution < 1.29 is 9.53 Å². The first-order chi connectivity index (χ1) is 11.3. The number of rotatable bonds is 6. The molecule has 2 rings (SSSR count). The quantitative estimate of drug-likeness (QED) is 0.837. The van der Waals surface area contributed by atoms with Gasteiger partial charge in [-0.25, -0.2) is 0 Å². The summed E-state index contributed by atoms with van der Waals surface area (Å²) in [6.45, 7) is 10.9. The predicted molar refractivity (Wildman–Crippen MR) is 98.2 cm³/mol. The van der Waals surface area contributed by atoms with E-state index in [1.165, 1.54) is 12.8 Å². The number of hydrogen-bond acceptors (Lipinski definition) is 3. The standard InChI is InChI=1S/C20H32N2O2/c1-15-5-7-17(18(13-15)24-20(2,3)4)14-22-19(23)8-6-16-9-11-21-12-10-16/h5,7,13,16,21H,6,8-12,14H2,1-4H3,(H,22,23). The van der Waals surface area contributed by atoms with E-state index in [1.54, 1.807) is 0 Å². The van der Waals surface area contributed by atoms with Crippen LogP contribution in [-0.2, 0) is 11.3 Å². The lowest BCUT2D eigenvalue weighted by Gasteiger charge is -2.24. The topological polar surface area (TPSA) is 50.4 Å². The molecule has 1 saturated heterocycles. The molecular formula is C20H32N2O2. The molecule has 0 aromatic heterocycles. The van der Waals surface area contributed by atoms with E-state index in [9.17, 15) is 4.79 Å². The van der Waals surface area contributed by atoms with Crippen LogP contribution < -0.4 is 15.4 Å². The molecule has 4 nitrogen and oxygen atoms in total. The van der Waals surface area contributed by atoms with Crippen molar-refractivity contribution in [3.63, 3.8) is 0 Å². The third-order valence-electron chi connectivity index (χ3n) is 4.35. The zero-order valence-electron chi connectivity index (χ0n) is 15.6. The van der Waals surface area contributed by atoms with E-state index < -0.39 is 0 Å². The van der Waals surface area contributed by atoms with E-state index in [0.29, 0.717) is 18.9 Å². The van der Waals surface area contributed by atoms with Gasteiger partial charge in [-0.05, 0) is 77.6 Å². The minimum Gasteiger partial charge on any atom is -0.488 e. The van der Waals surface area contributed by atoms with Gasteiger partial charge in [-0.15, -0.1) is 0 Å². The lowest BCUT2D eigenvalue weighted by Crippen LogP contribution is -2.29. The molecule has 4 heteroatoms. The van der Waals surface area contributed by atoms with Crippen LogP contribution in [0.5, 0.6) is 5.75 Å². The summed E-state index contributed by atoms with van der Waals surface area (Å²) < 4.78 is 6.04. The SMILES string of the molecule is Cc1ccc(CNC(=O)CCC2CCNCC2)c(OC(C)(C)C)c1. The Morgan fingerprint density at radius 3 is 2.67 bits per heavy atom. The van der Waals surface area contributed by atoms with E-state index >= 15 is 0 Å². The van der Waals surface area contributed by atoms with Crippen molar-refractivity contribution in [2.75, 3.05) is 13.1 Å². The fraction of sp³-hybridized carbons (Fsp3) is 0.650. The van der Waals surface area contributed by atoms with Gasteiger partial charge in [0.15, 0.2) is 0 Å².